The molecule has 0 fully saturated rings. The lowest BCUT2D eigenvalue weighted by Gasteiger charge is -2.31. The zero-order valence-electron chi connectivity index (χ0n) is 23.6. The van der Waals surface area contributed by atoms with Crippen molar-refractivity contribution in [3.05, 3.63) is 135 Å². The van der Waals surface area contributed by atoms with Crippen LogP contribution in [0, 0.1) is 0 Å². The van der Waals surface area contributed by atoms with Crippen LogP contribution in [0.25, 0.3) is 22.3 Å². The minimum atomic E-state index is -1.88. The molecule has 5 aromatic rings. The van der Waals surface area contributed by atoms with E-state index in [1.54, 1.807) is 17.6 Å². The molecule has 0 radical (unpaired) electrons. The largest absolute Gasteiger partial charge is 0.458 e. The number of ether oxygens (including phenoxy) is 1. The number of esters is 1. The lowest BCUT2D eigenvalue weighted by Crippen LogP contribution is -2.44. The van der Waals surface area contributed by atoms with Gasteiger partial charge in [0.1, 0.15) is 13.2 Å². The van der Waals surface area contributed by atoms with Gasteiger partial charge < -0.3 is 19.2 Å². The highest BCUT2D eigenvalue weighted by atomic mass is 16.6. The van der Waals surface area contributed by atoms with Crippen LogP contribution in [-0.2, 0) is 46.1 Å². The molecule has 8 heteroatoms. The van der Waals surface area contributed by atoms with E-state index < -0.39 is 11.6 Å². The van der Waals surface area contributed by atoms with Crippen molar-refractivity contribution in [1.29, 1.82) is 0 Å². The van der Waals surface area contributed by atoms with Crippen molar-refractivity contribution in [3.63, 3.8) is 0 Å². The minimum Gasteiger partial charge on any atom is -0.458 e. The van der Waals surface area contributed by atoms with Crippen LogP contribution in [0.15, 0.2) is 101 Å². The summed E-state index contributed by atoms with van der Waals surface area (Å²) >= 11 is 0. The van der Waals surface area contributed by atoms with E-state index in [0.29, 0.717) is 42.1 Å². The Bertz CT molecular complexity index is 1970. The fourth-order valence-corrected chi connectivity index (χ4v) is 5.97. The van der Waals surface area contributed by atoms with E-state index in [1.165, 1.54) is 0 Å². The summed E-state index contributed by atoms with van der Waals surface area (Å²) in [5, 5.41) is 16.8. The predicted molar refractivity (Wildman–Crippen MR) is 162 cm³/mol. The highest BCUT2D eigenvalue weighted by Crippen LogP contribution is 2.39. The average Bonchev–Trinajstić information content (AvgIpc) is 3.40. The number of rotatable bonds is 7. The molecule has 3 aromatic carbocycles. The van der Waals surface area contributed by atoms with Crippen molar-refractivity contribution in [1.82, 2.24) is 9.55 Å². The van der Waals surface area contributed by atoms with E-state index in [-0.39, 0.29) is 18.6 Å². The Morgan fingerprint density at radius 2 is 1.74 bits per heavy atom. The number of benzene rings is 3. The van der Waals surface area contributed by atoms with Crippen LogP contribution in [-0.4, -0.2) is 26.3 Å². The number of para-hydroxylation sites is 1. The zero-order chi connectivity index (χ0) is 29.6. The van der Waals surface area contributed by atoms with Crippen molar-refractivity contribution in [2.75, 3.05) is 0 Å². The lowest BCUT2D eigenvalue weighted by molar-refractivity contribution is -0.172. The standard InChI is InChI=1S/C35H29N3O5/c1-2-35(41)28-18-30-32-25(19-38(30)33(39)27(28)21-42-34(35)40)17-24-14-9-15-26(31(24)36-32)29(16-22-10-5-3-6-11-22)37-43-20-23-12-7-4-8-13-23/h3-15,17-18,41H,2,16,19-21H2,1H3/b37-29-/t35-/m0/s1. The van der Waals surface area contributed by atoms with E-state index in [4.69, 9.17) is 14.6 Å². The van der Waals surface area contributed by atoms with Gasteiger partial charge in [0.25, 0.3) is 5.56 Å². The molecule has 0 amide bonds. The summed E-state index contributed by atoms with van der Waals surface area (Å²) in [5.74, 6) is -0.740. The van der Waals surface area contributed by atoms with E-state index in [0.717, 1.165) is 38.9 Å². The molecule has 0 aliphatic carbocycles. The minimum absolute atomic E-state index is 0.0895. The van der Waals surface area contributed by atoms with E-state index in [2.05, 4.69) is 17.3 Å². The van der Waals surface area contributed by atoms with Gasteiger partial charge in [-0.25, -0.2) is 9.78 Å². The second kappa shape index (κ2) is 10.6. The van der Waals surface area contributed by atoms with Gasteiger partial charge in [-0.1, -0.05) is 90.9 Å². The van der Waals surface area contributed by atoms with Crippen LogP contribution in [0.1, 0.15) is 46.7 Å². The number of pyridine rings is 2. The normalized spacial score (nSPS) is 17.3. The highest BCUT2D eigenvalue weighted by molar-refractivity contribution is 6.10. The number of aliphatic hydroxyl groups is 1. The molecule has 0 spiro atoms. The number of fused-ring (bicyclic) bond motifs is 5. The van der Waals surface area contributed by atoms with Crippen molar-refractivity contribution < 1.29 is 19.5 Å². The first-order valence-corrected chi connectivity index (χ1v) is 14.3. The molecule has 1 atom stereocenters. The summed E-state index contributed by atoms with van der Waals surface area (Å²) in [6, 6.07) is 29.7. The number of carbonyl (C=O) groups excluding carboxylic acids is 1. The number of oxime groups is 1. The van der Waals surface area contributed by atoms with Gasteiger partial charge in [-0.3, -0.25) is 4.79 Å². The molecule has 0 bridgehead atoms. The van der Waals surface area contributed by atoms with E-state index in [9.17, 15) is 14.7 Å². The number of nitrogens with zero attached hydrogens (tertiary/aromatic N) is 3. The fourth-order valence-electron chi connectivity index (χ4n) is 5.97. The van der Waals surface area contributed by atoms with E-state index in [1.807, 2.05) is 72.8 Å². The number of hydrogen-bond acceptors (Lipinski definition) is 7. The summed E-state index contributed by atoms with van der Waals surface area (Å²) in [6.07, 6.45) is 0.620. The quantitative estimate of drug-likeness (QED) is 0.160. The molecule has 2 aliphatic rings. The first-order valence-electron chi connectivity index (χ1n) is 14.3. The Kier molecular flexibility index (Phi) is 6.63. The smallest absolute Gasteiger partial charge is 0.343 e. The summed E-state index contributed by atoms with van der Waals surface area (Å²) < 4.78 is 6.85. The van der Waals surface area contributed by atoms with Gasteiger partial charge in [0, 0.05) is 28.5 Å². The maximum absolute atomic E-state index is 13.6. The van der Waals surface area contributed by atoms with Gasteiger partial charge in [-0.05, 0) is 29.7 Å². The SMILES string of the molecule is CC[C@@]1(O)C(=O)OCc2c1cc1n(c2=O)Cc2cc3cccc(/C(Cc4ccccc4)=N\OCc4ccccc4)c3nc2-1. The molecule has 4 heterocycles. The molecule has 0 unspecified atom stereocenters. The van der Waals surface area contributed by atoms with Crippen LogP contribution in [0.3, 0.4) is 0 Å². The van der Waals surface area contributed by atoms with E-state index >= 15 is 0 Å². The predicted octanol–water partition coefficient (Wildman–Crippen LogP) is 5.24. The number of cyclic esters (lactones) is 1. The van der Waals surface area contributed by atoms with Crippen molar-refractivity contribution in [2.24, 2.45) is 5.16 Å². The Morgan fingerprint density at radius 1 is 1.00 bits per heavy atom. The van der Waals surface area contributed by atoms with Crippen LogP contribution in [0.4, 0.5) is 0 Å². The maximum atomic E-state index is 13.6. The van der Waals surface area contributed by atoms with Crippen LogP contribution < -0.4 is 5.56 Å². The van der Waals surface area contributed by atoms with Crippen LogP contribution >= 0.6 is 0 Å². The Balaban J connectivity index is 1.35. The molecule has 0 saturated carbocycles. The van der Waals surface area contributed by atoms with Gasteiger partial charge in [-0.15, -0.1) is 0 Å². The topological polar surface area (TPSA) is 103 Å². The van der Waals surface area contributed by atoms with Crippen molar-refractivity contribution >= 4 is 22.6 Å². The molecule has 0 saturated heterocycles. The Hall–Kier alpha value is -5.08. The first kappa shape index (κ1) is 26.8. The van der Waals surface area contributed by atoms with Crippen molar-refractivity contribution in [2.45, 2.75) is 45.1 Å². The average molecular weight is 572 g/mol. The van der Waals surface area contributed by atoms with Crippen molar-refractivity contribution in [3.8, 4) is 11.4 Å². The third kappa shape index (κ3) is 4.60. The lowest BCUT2D eigenvalue weighted by atomic mass is 9.86. The molecular weight excluding hydrogens is 542 g/mol. The third-order valence-electron chi connectivity index (χ3n) is 8.31. The van der Waals surface area contributed by atoms with Gasteiger partial charge in [0.2, 0.25) is 0 Å². The fraction of sp³-hybridized carbons (Fsp3) is 0.200. The maximum Gasteiger partial charge on any atom is 0.343 e. The number of hydrogen-bond donors (Lipinski definition) is 1. The summed E-state index contributed by atoms with van der Waals surface area (Å²) in [4.78, 5) is 37.1. The third-order valence-corrected chi connectivity index (χ3v) is 8.31. The van der Waals surface area contributed by atoms with Crippen LogP contribution in [0.5, 0.6) is 0 Å². The second-order valence-corrected chi connectivity index (χ2v) is 10.9. The summed E-state index contributed by atoms with van der Waals surface area (Å²) in [6.45, 7) is 2.21. The van der Waals surface area contributed by atoms with Gasteiger partial charge in [0.15, 0.2) is 5.60 Å². The van der Waals surface area contributed by atoms with Gasteiger partial charge >= 0.3 is 5.97 Å². The zero-order valence-corrected chi connectivity index (χ0v) is 23.6. The monoisotopic (exact) mass is 571 g/mol. The second-order valence-electron chi connectivity index (χ2n) is 10.9. The first-order chi connectivity index (χ1) is 21.0. The molecule has 7 rings (SSSR count). The molecule has 43 heavy (non-hydrogen) atoms. The Labute approximate surface area is 247 Å². The van der Waals surface area contributed by atoms with Gasteiger partial charge in [0.05, 0.1) is 34.7 Å². The molecule has 2 aliphatic heterocycles. The number of aromatic nitrogens is 2. The van der Waals surface area contributed by atoms with Gasteiger partial charge in [-0.2, -0.15) is 0 Å². The summed E-state index contributed by atoms with van der Waals surface area (Å²) in [7, 11) is 0. The molecule has 8 nitrogen and oxygen atoms in total. The highest BCUT2D eigenvalue weighted by Gasteiger charge is 2.45. The summed E-state index contributed by atoms with van der Waals surface area (Å²) in [5.41, 5.74) is 4.91. The van der Waals surface area contributed by atoms with Crippen LogP contribution in [0.2, 0.25) is 0 Å². The Morgan fingerprint density at radius 3 is 2.49 bits per heavy atom. The molecule has 2 aromatic heterocycles. The molecule has 214 valence electrons. The molecular formula is C35H29N3O5. The molecule has 1 N–H and O–H groups in total. The number of carbonyl (C=O) groups is 1.